The summed E-state index contributed by atoms with van der Waals surface area (Å²) >= 11 is 0. The van der Waals surface area contributed by atoms with Gasteiger partial charge in [0, 0.05) is 31.0 Å². The highest BCUT2D eigenvalue weighted by Crippen LogP contribution is 2.22. The highest BCUT2D eigenvalue weighted by Gasteiger charge is 2.17. The van der Waals surface area contributed by atoms with Crippen LogP contribution < -0.4 is 5.32 Å². The molecule has 3 aromatic heterocycles. The van der Waals surface area contributed by atoms with Crippen molar-refractivity contribution in [3.05, 3.63) is 35.2 Å². The predicted molar refractivity (Wildman–Crippen MR) is 95.8 cm³/mol. The third-order valence-electron chi connectivity index (χ3n) is 4.41. The Labute approximate surface area is 147 Å². The molecule has 0 aliphatic heterocycles. The van der Waals surface area contributed by atoms with Crippen LogP contribution in [0.5, 0.6) is 0 Å². The van der Waals surface area contributed by atoms with Crippen LogP contribution in [-0.4, -0.2) is 43.1 Å². The molecule has 0 aliphatic carbocycles. The average Bonchev–Trinajstić information content (AvgIpc) is 3.19. The van der Waals surface area contributed by atoms with E-state index in [1.807, 2.05) is 22.1 Å². The zero-order valence-electron chi connectivity index (χ0n) is 15.4. The van der Waals surface area contributed by atoms with Gasteiger partial charge in [-0.1, -0.05) is 6.92 Å². The van der Waals surface area contributed by atoms with E-state index in [0.29, 0.717) is 6.61 Å². The summed E-state index contributed by atoms with van der Waals surface area (Å²) in [5, 5.41) is 16.4. The van der Waals surface area contributed by atoms with Crippen LogP contribution in [0.1, 0.15) is 42.7 Å². The van der Waals surface area contributed by atoms with Gasteiger partial charge in [-0.25, -0.2) is 4.98 Å². The Bertz CT molecular complexity index is 867. The fourth-order valence-electron chi connectivity index (χ4n) is 2.81. The molecule has 0 aromatic carbocycles. The highest BCUT2D eigenvalue weighted by molar-refractivity contribution is 5.56. The standard InChI is InChI=1S/C17H25N7O/c1-6-14-9-15(24-16(20-14)11(2)12(3)22-24)19-13(4)17-21-18-10-23(17)7-8-25-5/h9-10,13,19H,6-8H2,1-5H3. The Kier molecular flexibility index (Phi) is 4.98. The van der Waals surface area contributed by atoms with E-state index < -0.39 is 0 Å². The van der Waals surface area contributed by atoms with Crippen molar-refractivity contribution >= 4 is 11.5 Å². The van der Waals surface area contributed by atoms with Crippen molar-refractivity contribution in [2.45, 2.75) is 46.7 Å². The van der Waals surface area contributed by atoms with Gasteiger partial charge >= 0.3 is 0 Å². The third kappa shape index (κ3) is 3.34. The molecule has 8 heteroatoms. The Morgan fingerprint density at radius 2 is 2.12 bits per heavy atom. The molecule has 0 bridgehead atoms. The summed E-state index contributed by atoms with van der Waals surface area (Å²) < 4.78 is 9.02. The lowest BCUT2D eigenvalue weighted by Crippen LogP contribution is -2.17. The van der Waals surface area contributed by atoms with Crippen molar-refractivity contribution in [2.24, 2.45) is 0 Å². The quantitative estimate of drug-likeness (QED) is 0.709. The van der Waals surface area contributed by atoms with Gasteiger partial charge in [0.05, 0.1) is 18.3 Å². The lowest BCUT2D eigenvalue weighted by molar-refractivity contribution is 0.186. The Balaban J connectivity index is 1.94. The second kappa shape index (κ2) is 7.18. The molecule has 0 aliphatic rings. The molecule has 0 saturated heterocycles. The number of rotatable bonds is 7. The van der Waals surface area contributed by atoms with Crippen molar-refractivity contribution in [3.8, 4) is 0 Å². The van der Waals surface area contributed by atoms with Gasteiger partial charge in [0.1, 0.15) is 12.1 Å². The predicted octanol–water partition coefficient (Wildman–Crippen LogP) is 2.32. The number of methoxy groups -OCH3 is 1. The first-order chi connectivity index (χ1) is 12.0. The molecule has 1 N–H and O–H groups in total. The van der Waals surface area contributed by atoms with Crippen molar-refractivity contribution in [1.29, 1.82) is 0 Å². The largest absolute Gasteiger partial charge is 0.383 e. The smallest absolute Gasteiger partial charge is 0.160 e. The molecule has 25 heavy (non-hydrogen) atoms. The lowest BCUT2D eigenvalue weighted by atomic mass is 10.2. The SMILES string of the molecule is CCc1cc(NC(C)c2nncn2CCOC)n2nc(C)c(C)c2n1. The normalized spacial score (nSPS) is 12.7. The molecule has 0 spiro atoms. The Hall–Kier alpha value is -2.48. The topological polar surface area (TPSA) is 82.2 Å². The minimum atomic E-state index is -0.0283. The van der Waals surface area contributed by atoms with E-state index in [0.717, 1.165) is 47.2 Å². The minimum Gasteiger partial charge on any atom is -0.383 e. The van der Waals surface area contributed by atoms with Crippen LogP contribution in [0.4, 0.5) is 5.82 Å². The van der Waals surface area contributed by atoms with Gasteiger partial charge in [-0.15, -0.1) is 10.2 Å². The molecule has 3 aromatic rings. The number of hydrogen-bond acceptors (Lipinski definition) is 6. The van der Waals surface area contributed by atoms with Crippen molar-refractivity contribution in [2.75, 3.05) is 19.0 Å². The van der Waals surface area contributed by atoms with Crippen LogP contribution in [0.15, 0.2) is 12.4 Å². The Morgan fingerprint density at radius 1 is 1.32 bits per heavy atom. The number of aryl methyl sites for hydroxylation is 3. The van der Waals surface area contributed by atoms with Gasteiger partial charge in [0.25, 0.3) is 0 Å². The van der Waals surface area contributed by atoms with Crippen molar-refractivity contribution < 1.29 is 4.74 Å². The molecule has 0 fully saturated rings. The maximum Gasteiger partial charge on any atom is 0.160 e. The maximum atomic E-state index is 5.15. The summed E-state index contributed by atoms with van der Waals surface area (Å²) in [4.78, 5) is 4.71. The monoisotopic (exact) mass is 343 g/mol. The fraction of sp³-hybridized carbons (Fsp3) is 0.529. The van der Waals surface area contributed by atoms with Crippen LogP contribution >= 0.6 is 0 Å². The first kappa shape index (κ1) is 17.3. The molecule has 3 rings (SSSR count). The lowest BCUT2D eigenvalue weighted by Gasteiger charge is -2.17. The molecule has 1 atom stereocenters. The summed E-state index contributed by atoms with van der Waals surface area (Å²) in [5.41, 5.74) is 4.02. The van der Waals surface area contributed by atoms with Gasteiger partial charge in [0.2, 0.25) is 0 Å². The third-order valence-corrected chi connectivity index (χ3v) is 4.41. The summed E-state index contributed by atoms with van der Waals surface area (Å²) in [6.07, 6.45) is 2.60. The zero-order valence-corrected chi connectivity index (χ0v) is 15.4. The highest BCUT2D eigenvalue weighted by atomic mass is 16.5. The molecule has 134 valence electrons. The average molecular weight is 343 g/mol. The molecular formula is C17H25N7O. The summed E-state index contributed by atoms with van der Waals surface area (Å²) in [7, 11) is 1.69. The van der Waals surface area contributed by atoms with Crippen molar-refractivity contribution in [1.82, 2.24) is 29.4 Å². The zero-order chi connectivity index (χ0) is 18.0. The maximum absolute atomic E-state index is 5.15. The number of ether oxygens (including phenoxy) is 1. The Morgan fingerprint density at radius 3 is 2.84 bits per heavy atom. The van der Waals surface area contributed by atoms with Crippen LogP contribution in [0.25, 0.3) is 5.65 Å². The van der Waals surface area contributed by atoms with Gasteiger partial charge in [-0.3, -0.25) is 0 Å². The molecular weight excluding hydrogens is 318 g/mol. The molecule has 0 amide bonds. The van der Waals surface area contributed by atoms with Crippen LogP contribution in [0.2, 0.25) is 0 Å². The van der Waals surface area contributed by atoms with Gasteiger partial charge in [-0.05, 0) is 27.2 Å². The molecule has 1 unspecified atom stereocenters. The van der Waals surface area contributed by atoms with Gasteiger partial charge < -0.3 is 14.6 Å². The van der Waals surface area contributed by atoms with Gasteiger partial charge in [-0.2, -0.15) is 9.61 Å². The first-order valence-corrected chi connectivity index (χ1v) is 8.54. The van der Waals surface area contributed by atoms with Crippen LogP contribution in [0, 0.1) is 13.8 Å². The molecule has 3 heterocycles. The number of nitrogens with one attached hydrogen (secondary N) is 1. The van der Waals surface area contributed by atoms with E-state index in [1.165, 1.54) is 0 Å². The van der Waals surface area contributed by atoms with Crippen LogP contribution in [0.3, 0.4) is 0 Å². The number of nitrogens with zero attached hydrogens (tertiary/aromatic N) is 6. The first-order valence-electron chi connectivity index (χ1n) is 8.54. The molecule has 8 nitrogen and oxygen atoms in total. The van der Waals surface area contributed by atoms with Crippen molar-refractivity contribution in [3.63, 3.8) is 0 Å². The minimum absolute atomic E-state index is 0.0283. The summed E-state index contributed by atoms with van der Waals surface area (Å²) in [6, 6.07) is 2.02. The number of aromatic nitrogens is 6. The summed E-state index contributed by atoms with van der Waals surface area (Å²) in [5.74, 6) is 1.77. The van der Waals surface area contributed by atoms with E-state index in [1.54, 1.807) is 13.4 Å². The van der Waals surface area contributed by atoms with E-state index in [9.17, 15) is 0 Å². The second-order valence-corrected chi connectivity index (χ2v) is 6.17. The van der Waals surface area contributed by atoms with E-state index >= 15 is 0 Å². The molecule has 0 saturated carbocycles. The van der Waals surface area contributed by atoms with E-state index in [2.05, 4.69) is 41.4 Å². The van der Waals surface area contributed by atoms with E-state index in [4.69, 9.17) is 9.72 Å². The fourth-order valence-corrected chi connectivity index (χ4v) is 2.81. The van der Waals surface area contributed by atoms with E-state index in [-0.39, 0.29) is 6.04 Å². The summed E-state index contributed by atoms with van der Waals surface area (Å²) in [6.45, 7) is 9.56. The molecule has 0 radical (unpaired) electrons. The number of hydrogen-bond donors (Lipinski definition) is 1. The second-order valence-electron chi connectivity index (χ2n) is 6.17. The van der Waals surface area contributed by atoms with Gasteiger partial charge in [0.15, 0.2) is 11.5 Å². The van der Waals surface area contributed by atoms with Crippen LogP contribution in [-0.2, 0) is 17.7 Å². The number of fused-ring (bicyclic) bond motifs is 1. The number of anilines is 1.